The van der Waals surface area contributed by atoms with Crippen molar-refractivity contribution >= 4 is 27.7 Å². The zero-order valence-corrected chi connectivity index (χ0v) is 16.6. The van der Waals surface area contributed by atoms with E-state index in [0.29, 0.717) is 11.1 Å². The van der Waals surface area contributed by atoms with Crippen LogP contribution in [0.4, 0.5) is 0 Å². The molecule has 0 aromatic heterocycles. The number of carbonyl (C=O) groups excluding carboxylic acids is 2. The Morgan fingerprint density at radius 2 is 1.68 bits per heavy atom. The lowest BCUT2D eigenvalue weighted by atomic mass is 10.0. The monoisotopic (exact) mass is 402 g/mol. The van der Waals surface area contributed by atoms with Crippen LogP contribution in [0.2, 0.25) is 0 Å². The number of nitrogens with zero attached hydrogens (tertiary/aromatic N) is 1. The Hall–Kier alpha value is -2.14. The predicted molar refractivity (Wildman–Crippen MR) is 103 cm³/mol. The van der Waals surface area contributed by atoms with Gasteiger partial charge in [0, 0.05) is 15.6 Å². The van der Waals surface area contributed by atoms with Crippen molar-refractivity contribution in [1.29, 1.82) is 0 Å². The summed E-state index contributed by atoms with van der Waals surface area (Å²) in [5, 5.41) is 1.39. The molecule has 0 fully saturated rings. The highest BCUT2D eigenvalue weighted by molar-refractivity contribution is 9.10. The van der Waals surface area contributed by atoms with E-state index in [0.717, 1.165) is 16.5 Å². The van der Waals surface area contributed by atoms with Crippen molar-refractivity contribution in [2.75, 3.05) is 0 Å². The van der Waals surface area contributed by atoms with Crippen LogP contribution >= 0.6 is 15.9 Å². The van der Waals surface area contributed by atoms with E-state index in [4.69, 9.17) is 0 Å². The van der Waals surface area contributed by atoms with Crippen molar-refractivity contribution in [3.8, 4) is 0 Å². The fourth-order valence-corrected chi connectivity index (χ4v) is 2.73. The first kappa shape index (κ1) is 19.2. The van der Waals surface area contributed by atoms with Crippen molar-refractivity contribution < 1.29 is 9.59 Å². The summed E-state index contributed by atoms with van der Waals surface area (Å²) in [6.07, 6.45) is 0.914. The van der Waals surface area contributed by atoms with Crippen molar-refractivity contribution in [2.24, 2.45) is 0 Å². The van der Waals surface area contributed by atoms with Crippen LogP contribution in [0.3, 0.4) is 0 Å². The number of rotatable bonds is 3. The molecule has 2 amide bonds. The molecule has 0 saturated carbocycles. The zero-order chi connectivity index (χ0) is 18.6. The van der Waals surface area contributed by atoms with Crippen LogP contribution in [0.1, 0.15) is 54.0 Å². The molecule has 25 heavy (non-hydrogen) atoms. The Balaban J connectivity index is 2.26. The Bertz CT molecular complexity index is 764. The van der Waals surface area contributed by atoms with E-state index in [1.54, 1.807) is 30.3 Å². The highest BCUT2D eigenvalue weighted by Gasteiger charge is 2.29. The van der Waals surface area contributed by atoms with E-state index in [1.165, 1.54) is 5.01 Å². The smallest absolute Gasteiger partial charge is 0.267 e. The summed E-state index contributed by atoms with van der Waals surface area (Å²) in [4.78, 5) is 25.5. The van der Waals surface area contributed by atoms with Crippen LogP contribution < -0.4 is 5.43 Å². The van der Waals surface area contributed by atoms with Gasteiger partial charge in [-0.05, 0) is 63.1 Å². The number of hydrogen-bond donors (Lipinski definition) is 1. The van der Waals surface area contributed by atoms with Gasteiger partial charge in [0.2, 0.25) is 0 Å². The number of amides is 2. The third-order valence-electron chi connectivity index (χ3n) is 3.78. The topological polar surface area (TPSA) is 49.4 Å². The Kier molecular flexibility index (Phi) is 6.01. The molecule has 0 unspecified atom stereocenters. The SMILES string of the molecule is CCc1ccc(C(=O)N(NC(=O)c2cccc(Br)c2)C(C)(C)C)cc1. The molecule has 132 valence electrons. The molecule has 5 heteroatoms. The quantitative estimate of drug-likeness (QED) is 0.762. The molecule has 0 radical (unpaired) electrons. The first-order chi connectivity index (χ1) is 11.7. The fourth-order valence-electron chi connectivity index (χ4n) is 2.33. The van der Waals surface area contributed by atoms with Crippen molar-refractivity contribution in [3.63, 3.8) is 0 Å². The molecule has 0 saturated heterocycles. The van der Waals surface area contributed by atoms with Gasteiger partial charge in [0.1, 0.15) is 0 Å². The minimum absolute atomic E-state index is 0.238. The molecule has 0 aliphatic rings. The second kappa shape index (κ2) is 7.83. The van der Waals surface area contributed by atoms with E-state index in [1.807, 2.05) is 39.0 Å². The summed E-state index contributed by atoms with van der Waals surface area (Å²) in [5.74, 6) is -0.562. The lowest BCUT2D eigenvalue weighted by Gasteiger charge is -2.35. The summed E-state index contributed by atoms with van der Waals surface area (Å²) in [5.41, 5.74) is 4.38. The largest absolute Gasteiger partial charge is 0.272 e. The average molecular weight is 403 g/mol. The van der Waals surface area contributed by atoms with Gasteiger partial charge in [-0.15, -0.1) is 0 Å². The van der Waals surface area contributed by atoms with Crippen LogP contribution in [0.25, 0.3) is 0 Å². The maximum absolute atomic E-state index is 12.9. The molecule has 2 rings (SSSR count). The molecule has 4 nitrogen and oxygen atoms in total. The van der Waals surface area contributed by atoms with Crippen LogP contribution in [-0.2, 0) is 6.42 Å². The van der Waals surface area contributed by atoms with Gasteiger partial charge in [0.25, 0.3) is 11.8 Å². The van der Waals surface area contributed by atoms with Crippen LogP contribution in [-0.4, -0.2) is 22.4 Å². The summed E-state index contributed by atoms with van der Waals surface area (Å²) >= 11 is 3.35. The first-order valence-electron chi connectivity index (χ1n) is 8.22. The van der Waals surface area contributed by atoms with Gasteiger partial charge in [-0.2, -0.15) is 0 Å². The average Bonchev–Trinajstić information content (AvgIpc) is 2.58. The van der Waals surface area contributed by atoms with E-state index < -0.39 is 5.54 Å². The normalized spacial score (nSPS) is 11.1. The molecule has 0 aliphatic carbocycles. The first-order valence-corrected chi connectivity index (χ1v) is 9.01. The number of aryl methyl sites for hydroxylation is 1. The predicted octanol–water partition coefficient (Wildman–Crippen LogP) is 4.60. The van der Waals surface area contributed by atoms with Crippen molar-refractivity contribution in [3.05, 3.63) is 69.7 Å². The fraction of sp³-hybridized carbons (Fsp3) is 0.300. The number of nitrogens with one attached hydrogen (secondary N) is 1. The molecular formula is C20H23BrN2O2. The Morgan fingerprint density at radius 1 is 1.04 bits per heavy atom. The summed E-state index contributed by atoms with van der Waals surface area (Å²) in [6.45, 7) is 7.71. The highest BCUT2D eigenvalue weighted by Crippen LogP contribution is 2.17. The van der Waals surface area contributed by atoms with E-state index in [2.05, 4.69) is 28.3 Å². The maximum atomic E-state index is 12.9. The second-order valence-electron chi connectivity index (χ2n) is 6.81. The molecular weight excluding hydrogens is 380 g/mol. The number of hydrogen-bond acceptors (Lipinski definition) is 2. The number of carbonyl (C=O) groups is 2. The standard InChI is InChI=1S/C20H23BrN2O2/c1-5-14-9-11-15(12-10-14)19(25)23(20(2,3)4)22-18(24)16-7-6-8-17(21)13-16/h6-13H,5H2,1-4H3,(H,22,24). The zero-order valence-electron chi connectivity index (χ0n) is 15.0. The molecule has 0 heterocycles. The molecule has 0 spiro atoms. The lowest BCUT2D eigenvalue weighted by Crippen LogP contribution is -2.55. The second-order valence-corrected chi connectivity index (χ2v) is 7.73. The molecule has 0 aliphatic heterocycles. The molecule has 1 N–H and O–H groups in total. The molecule has 2 aromatic carbocycles. The Labute approximate surface area is 157 Å². The number of benzene rings is 2. The van der Waals surface area contributed by atoms with Crippen molar-refractivity contribution in [1.82, 2.24) is 10.4 Å². The van der Waals surface area contributed by atoms with Gasteiger partial charge in [0.05, 0.1) is 5.54 Å². The van der Waals surface area contributed by atoms with E-state index in [-0.39, 0.29) is 11.8 Å². The van der Waals surface area contributed by atoms with Gasteiger partial charge >= 0.3 is 0 Å². The van der Waals surface area contributed by atoms with E-state index in [9.17, 15) is 9.59 Å². The third kappa shape index (κ3) is 4.92. The minimum atomic E-state index is -0.567. The van der Waals surface area contributed by atoms with Gasteiger partial charge in [-0.25, -0.2) is 5.01 Å². The van der Waals surface area contributed by atoms with Crippen molar-refractivity contribution in [2.45, 2.75) is 39.7 Å². The van der Waals surface area contributed by atoms with Crippen LogP contribution in [0, 0.1) is 0 Å². The third-order valence-corrected chi connectivity index (χ3v) is 4.28. The highest BCUT2D eigenvalue weighted by atomic mass is 79.9. The Morgan fingerprint density at radius 3 is 2.20 bits per heavy atom. The molecule has 0 bridgehead atoms. The molecule has 2 aromatic rings. The summed E-state index contributed by atoms with van der Waals surface area (Å²) < 4.78 is 0.809. The van der Waals surface area contributed by atoms with Gasteiger partial charge in [-0.3, -0.25) is 15.0 Å². The number of halogens is 1. The lowest BCUT2D eigenvalue weighted by molar-refractivity contribution is 0.0358. The minimum Gasteiger partial charge on any atom is -0.267 e. The summed E-state index contributed by atoms with van der Waals surface area (Å²) in [6, 6.07) is 14.5. The van der Waals surface area contributed by atoms with Gasteiger partial charge < -0.3 is 0 Å². The molecule has 0 atom stereocenters. The maximum Gasteiger partial charge on any atom is 0.272 e. The van der Waals surface area contributed by atoms with Crippen LogP contribution in [0.15, 0.2) is 53.0 Å². The van der Waals surface area contributed by atoms with E-state index >= 15 is 0 Å². The van der Waals surface area contributed by atoms with Crippen LogP contribution in [0.5, 0.6) is 0 Å². The summed E-state index contributed by atoms with van der Waals surface area (Å²) in [7, 11) is 0. The van der Waals surface area contributed by atoms with Gasteiger partial charge in [-0.1, -0.05) is 41.1 Å². The number of hydrazine groups is 1. The van der Waals surface area contributed by atoms with Gasteiger partial charge in [0.15, 0.2) is 0 Å².